The monoisotopic (exact) mass is 244 g/mol. The predicted octanol–water partition coefficient (Wildman–Crippen LogP) is 1.83. The highest BCUT2D eigenvalue weighted by Crippen LogP contribution is 2.12. The maximum atomic E-state index is 11.5. The maximum Gasteiger partial charge on any atom is 0.315 e. The molecular weight excluding hydrogens is 220 g/mol. The molecule has 5 heteroatoms. The fourth-order valence-corrected chi connectivity index (χ4v) is 1.42. The lowest BCUT2D eigenvalue weighted by atomic mass is 9.94. The molecule has 0 heterocycles. The van der Waals surface area contributed by atoms with Crippen molar-refractivity contribution < 1.29 is 14.7 Å². The summed E-state index contributed by atoms with van der Waals surface area (Å²) < 4.78 is 0. The first-order valence-electron chi connectivity index (χ1n) is 5.93. The van der Waals surface area contributed by atoms with Crippen molar-refractivity contribution in [3.8, 4) is 0 Å². The molecule has 5 nitrogen and oxygen atoms in total. The van der Waals surface area contributed by atoms with Crippen molar-refractivity contribution in [2.24, 2.45) is 11.3 Å². The van der Waals surface area contributed by atoms with Crippen LogP contribution in [0.4, 0.5) is 4.79 Å². The molecule has 0 aliphatic rings. The molecule has 0 rings (SSSR count). The number of carboxylic acids is 1. The zero-order chi connectivity index (χ0) is 13.6. The fourth-order valence-electron chi connectivity index (χ4n) is 1.42. The average Bonchev–Trinajstić information content (AvgIpc) is 2.13. The number of amides is 2. The fraction of sp³-hybridized carbons (Fsp3) is 0.833. The molecule has 0 spiro atoms. The van der Waals surface area contributed by atoms with E-state index in [1.807, 2.05) is 6.92 Å². The van der Waals surface area contributed by atoms with Crippen LogP contribution in [0, 0.1) is 11.3 Å². The van der Waals surface area contributed by atoms with E-state index in [1.165, 1.54) is 0 Å². The normalized spacial score (nSPS) is 13.3. The van der Waals surface area contributed by atoms with Crippen molar-refractivity contribution in [3.05, 3.63) is 0 Å². The van der Waals surface area contributed by atoms with Gasteiger partial charge < -0.3 is 15.7 Å². The minimum Gasteiger partial charge on any atom is -0.481 e. The Labute approximate surface area is 103 Å². The lowest BCUT2D eigenvalue weighted by Crippen LogP contribution is -2.46. The van der Waals surface area contributed by atoms with E-state index in [0.717, 1.165) is 6.42 Å². The number of carbonyl (C=O) groups excluding carboxylic acids is 1. The Hall–Kier alpha value is -1.26. The molecule has 0 fully saturated rings. The van der Waals surface area contributed by atoms with Crippen LogP contribution in [0.1, 0.15) is 41.0 Å². The standard InChI is InChI=1S/C12H24N2O3/c1-8(2)6-9(3)14-11(17)13-7-12(4,5)10(15)16/h8-9H,6-7H2,1-5H3,(H,15,16)(H2,13,14,17). The van der Waals surface area contributed by atoms with Gasteiger partial charge in [0.15, 0.2) is 0 Å². The van der Waals surface area contributed by atoms with Crippen molar-refractivity contribution in [1.29, 1.82) is 0 Å². The van der Waals surface area contributed by atoms with Gasteiger partial charge in [-0.25, -0.2) is 4.79 Å². The van der Waals surface area contributed by atoms with Crippen LogP contribution < -0.4 is 10.6 Å². The van der Waals surface area contributed by atoms with Crippen LogP contribution >= 0.6 is 0 Å². The Morgan fingerprint density at radius 2 is 1.76 bits per heavy atom. The summed E-state index contributed by atoms with van der Waals surface area (Å²) in [5, 5.41) is 14.2. The topological polar surface area (TPSA) is 78.4 Å². The SMILES string of the molecule is CC(C)CC(C)NC(=O)NCC(C)(C)C(=O)O. The summed E-state index contributed by atoms with van der Waals surface area (Å²) >= 11 is 0. The van der Waals surface area contributed by atoms with Crippen molar-refractivity contribution in [2.45, 2.75) is 47.1 Å². The maximum absolute atomic E-state index is 11.5. The smallest absolute Gasteiger partial charge is 0.315 e. The Kier molecular flexibility index (Phi) is 5.99. The highest BCUT2D eigenvalue weighted by Gasteiger charge is 2.27. The van der Waals surface area contributed by atoms with Crippen LogP contribution in [0.2, 0.25) is 0 Å². The first-order valence-corrected chi connectivity index (χ1v) is 5.93. The number of hydrogen-bond acceptors (Lipinski definition) is 2. The number of rotatable bonds is 6. The third-order valence-electron chi connectivity index (χ3n) is 2.47. The highest BCUT2D eigenvalue weighted by atomic mass is 16.4. The molecular formula is C12H24N2O3. The molecule has 1 atom stereocenters. The number of carbonyl (C=O) groups is 2. The average molecular weight is 244 g/mol. The molecule has 100 valence electrons. The zero-order valence-electron chi connectivity index (χ0n) is 11.3. The van der Waals surface area contributed by atoms with Crippen molar-refractivity contribution in [2.75, 3.05) is 6.54 Å². The van der Waals surface area contributed by atoms with Crippen LogP contribution in [0.5, 0.6) is 0 Å². The molecule has 17 heavy (non-hydrogen) atoms. The summed E-state index contributed by atoms with van der Waals surface area (Å²) in [7, 11) is 0. The number of nitrogens with one attached hydrogen (secondary N) is 2. The summed E-state index contributed by atoms with van der Waals surface area (Å²) in [4.78, 5) is 22.3. The molecule has 0 aromatic rings. The van der Waals surface area contributed by atoms with E-state index in [-0.39, 0.29) is 18.6 Å². The highest BCUT2D eigenvalue weighted by molar-refractivity contribution is 5.77. The zero-order valence-corrected chi connectivity index (χ0v) is 11.3. The molecule has 0 bridgehead atoms. The molecule has 2 amide bonds. The molecule has 0 aromatic carbocycles. The number of hydrogen-bond donors (Lipinski definition) is 3. The minimum absolute atomic E-state index is 0.0861. The Bertz CT molecular complexity index is 275. The van der Waals surface area contributed by atoms with Gasteiger partial charge in [-0.3, -0.25) is 4.79 Å². The van der Waals surface area contributed by atoms with Gasteiger partial charge >= 0.3 is 12.0 Å². The summed E-state index contributed by atoms with van der Waals surface area (Å²) in [5.74, 6) is -0.409. The summed E-state index contributed by atoms with van der Waals surface area (Å²) in [5.41, 5.74) is -0.946. The van der Waals surface area contributed by atoms with Gasteiger partial charge in [0.25, 0.3) is 0 Å². The van der Waals surface area contributed by atoms with Gasteiger partial charge in [-0.15, -0.1) is 0 Å². The van der Waals surface area contributed by atoms with E-state index >= 15 is 0 Å². The lowest BCUT2D eigenvalue weighted by Gasteiger charge is -2.21. The largest absolute Gasteiger partial charge is 0.481 e. The van der Waals surface area contributed by atoms with Crippen molar-refractivity contribution >= 4 is 12.0 Å². The molecule has 0 aromatic heterocycles. The number of carboxylic acid groups (broad SMARTS) is 1. The van der Waals surface area contributed by atoms with Gasteiger partial charge in [0.1, 0.15) is 0 Å². The summed E-state index contributed by atoms with van der Waals surface area (Å²) in [6, 6.07) is -0.226. The van der Waals surface area contributed by atoms with E-state index in [4.69, 9.17) is 5.11 Å². The molecule has 0 radical (unpaired) electrons. The second-order valence-electron chi connectivity index (χ2n) is 5.55. The Morgan fingerprint density at radius 1 is 1.24 bits per heavy atom. The Morgan fingerprint density at radius 3 is 2.18 bits per heavy atom. The quantitative estimate of drug-likeness (QED) is 0.667. The van der Waals surface area contributed by atoms with Gasteiger partial charge in [0.05, 0.1) is 5.41 Å². The lowest BCUT2D eigenvalue weighted by molar-refractivity contribution is -0.146. The van der Waals surface area contributed by atoms with Crippen LogP contribution in [-0.2, 0) is 4.79 Å². The van der Waals surface area contributed by atoms with E-state index in [2.05, 4.69) is 24.5 Å². The molecule has 1 unspecified atom stereocenters. The van der Waals surface area contributed by atoms with Gasteiger partial charge in [-0.2, -0.15) is 0 Å². The first-order chi connectivity index (χ1) is 7.65. The molecule has 0 aliphatic carbocycles. The van der Waals surface area contributed by atoms with Gasteiger partial charge in [0.2, 0.25) is 0 Å². The van der Waals surface area contributed by atoms with E-state index in [1.54, 1.807) is 13.8 Å². The van der Waals surface area contributed by atoms with Gasteiger partial charge in [-0.1, -0.05) is 13.8 Å². The van der Waals surface area contributed by atoms with Crippen molar-refractivity contribution in [3.63, 3.8) is 0 Å². The van der Waals surface area contributed by atoms with Crippen LogP contribution in [0.25, 0.3) is 0 Å². The minimum atomic E-state index is -0.946. The number of aliphatic carboxylic acids is 1. The predicted molar refractivity (Wildman–Crippen MR) is 66.9 cm³/mol. The van der Waals surface area contributed by atoms with Gasteiger partial charge in [0, 0.05) is 12.6 Å². The first kappa shape index (κ1) is 15.7. The summed E-state index contributed by atoms with van der Waals surface area (Å²) in [6.45, 7) is 9.37. The third-order valence-corrected chi connectivity index (χ3v) is 2.47. The molecule has 0 saturated carbocycles. The summed E-state index contributed by atoms with van der Waals surface area (Å²) in [6.07, 6.45) is 0.899. The number of urea groups is 1. The second-order valence-corrected chi connectivity index (χ2v) is 5.55. The molecule has 3 N–H and O–H groups in total. The van der Waals surface area contributed by atoms with Crippen LogP contribution in [-0.4, -0.2) is 29.7 Å². The molecule has 0 saturated heterocycles. The third kappa shape index (κ3) is 6.81. The Balaban J connectivity index is 4.00. The van der Waals surface area contributed by atoms with Crippen molar-refractivity contribution in [1.82, 2.24) is 10.6 Å². The van der Waals surface area contributed by atoms with E-state index < -0.39 is 11.4 Å². The second kappa shape index (κ2) is 6.47. The van der Waals surface area contributed by atoms with E-state index in [9.17, 15) is 9.59 Å². The molecule has 0 aliphatic heterocycles. The van der Waals surface area contributed by atoms with Gasteiger partial charge in [-0.05, 0) is 33.1 Å². The van der Waals surface area contributed by atoms with Crippen LogP contribution in [0.3, 0.4) is 0 Å². The van der Waals surface area contributed by atoms with Crippen LogP contribution in [0.15, 0.2) is 0 Å². The van der Waals surface area contributed by atoms with E-state index in [0.29, 0.717) is 5.92 Å².